The standard InChI is InChI=1S/C20H37N5O9/c1-6-8(2)13(23-19(32)15(11(5)28)24-16(29)9(3)21)17(30)25-14(10(4)27)18(31)22-12(7-26)20(33)34/h8-15,26-28H,6-7,21H2,1-5H3,(H,22,31)(H,23,32)(H,24,29)(H,25,30)(H,33,34)/t8-,9-,10+,11+,12-,13-,14-,15-/m0/s1. The van der Waals surface area contributed by atoms with Crippen LogP contribution in [0.3, 0.4) is 0 Å². The van der Waals surface area contributed by atoms with Gasteiger partial charge in [0.05, 0.1) is 24.9 Å². The molecule has 14 nitrogen and oxygen atoms in total. The number of carbonyl (C=O) groups excluding carboxylic acids is 4. The SMILES string of the molecule is CC[C@H](C)[C@H](NC(=O)[C@@H](NC(=O)[C@H](C)N)[C@@H](C)O)C(=O)N[C@H](C(=O)N[C@@H](CO)C(=O)O)[C@@H](C)O. The Labute approximate surface area is 197 Å². The maximum absolute atomic E-state index is 13.0. The van der Waals surface area contributed by atoms with E-state index in [1.807, 2.05) is 5.32 Å². The molecule has 0 spiro atoms. The van der Waals surface area contributed by atoms with Gasteiger partial charge in [-0.15, -0.1) is 0 Å². The molecule has 4 amide bonds. The highest BCUT2D eigenvalue weighted by molar-refractivity contribution is 5.95. The summed E-state index contributed by atoms with van der Waals surface area (Å²) in [4.78, 5) is 61.1. The first-order valence-corrected chi connectivity index (χ1v) is 10.8. The quantitative estimate of drug-likeness (QED) is 0.115. The van der Waals surface area contributed by atoms with Crippen molar-refractivity contribution >= 4 is 29.6 Å². The molecule has 0 saturated carbocycles. The third-order valence-electron chi connectivity index (χ3n) is 5.13. The van der Waals surface area contributed by atoms with Gasteiger partial charge in [0.15, 0.2) is 0 Å². The third kappa shape index (κ3) is 9.59. The number of hydrogen-bond donors (Lipinski definition) is 9. The number of aliphatic hydroxyl groups excluding tert-OH is 3. The second-order valence-electron chi connectivity index (χ2n) is 8.20. The molecule has 0 fully saturated rings. The molecule has 0 aromatic heterocycles. The summed E-state index contributed by atoms with van der Waals surface area (Å²) < 4.78 is 0. The Bertz CT molecular complexity index is 729. The molecule has 0 bridgehead atoms. The highest BCUT2D eigenvalue weighted by Crippen LogP contribution is 2.10. The van der Waals surface area contributed by atoms with Gasteiger partial charge in [0.1, 0.15) is 24.2 Å². The molecule has 0 aliphatic heterocycles. The van der Waals surface area contributed by atoms with Gasteiger partial charge >= 0.3 is 5.97 Å². The van der Waals surface area contributed by atoms with Crippen molar-refractivity contribution in [1.82, 2.24) is 21.3 Å². The molecule has 10 N–H and O–H groups in total. The highest BCUT2D eigenvalue weighted by Gasteiger charge is 2.35. The van der Waals surface area contributed by atoms with Crippen molar-refractivity contribution in [3.63, 3.8) is 0 Å². The molecular formula is C20H37N5O9. The molecule has 0 unspecified atom stereocenters. The molecule has 0 rings (SSSR count). The van der Waals surface area contributed by atoms with Gasteiger partial charge in [-0.1, -0.05) is 20.3 Å². The number of rotatable bonds is 14. The van der Waals surface area contributed by atoms with Crippen LogP contribution in [0.15, 0.2) is 0 Å². The number of amides is 4. The lowest BCUT2D eigenvalue weighted by Gasteiger charge is -2.30. The van der Waals surface area contributed by atoms with E-state index in [2.05, 4.69) is 16.0 Å². The summed E-state index contributed by atoms with van der Waals surface area (Å²) in [6.07, 6.45) is -2.38. The number of aliphatic hydroxyl groups is 3. The lowest BCUT2D eigenvalue weighted by Crippen LogP contribution is -2.62. The van der Waals surface area contributed by atoms with Crippen LogP contribution in [0.1, 0.15) is 41.0 Å². The van der Waals surface area contributed by atoms with E-state index in [0.29, 0.717) is 6.42 Å². The van der Waals surface area contributed by atoms with Gasteiger partial charge in [-0.25, -0.2) is 4.79 Å². The molecule has 0 saturated heterocycles. The second-order valence-corrected chi connectivity index (χ2v) is 8.20. The summed E-state index contributed by atoms with van der Waals surface area (Å²) in [6.45, 7) is 6.28. The lowest BCUT2D eigenvalue weighted by atomic mass is 9.96. The average molecular weight is 492 g/mol. The zero-order valence-corrected chi connectivity index (χ0v) is 19.9. The van der Waals surface area contributed by atoms with Gasteiger partial charge in [0.25, 0.3) is 0 Å². The van der Waals surface area contributed by atoms with E-state index in [-0.39, 0.29) is 0 Å². The summed E-state index contributed by atoms with van der Waals surface area (Å²) in [5.74, 6) is -5.52. The van der Waals surface area contributed by atoms with Crippen molar-refractivity contribution in [2.24, 2.45) is 11.7 Å². The number of carbonyl (C=O) groups is 5. The maximum atomic E-state index is 13.0. The van der Waals surface area contributed by atoms with Crippen LogP contribution >= 0.6 is 0 Å². The normalized spacial score (nSPS) is 18.1. The number of nitrogens with two attached hydrogens (primary N) is 1. The predicted molar refractivity (Wildman–Crippen MR) is 119 cm³/mol. The number of hydrogen-bond acceptors (Lipinski definition) is 9. The minimum absolute atomic E-state index is 0.404. The van der Waals surface area contributed by atoms with Crippen molar-refractivity contribution in [2.75, 3.05) is 6.61 Å². The first-order chi connectivity index (χ1) is 15.7. The van der Waals surface area contributed by atoms with Gasteiger partial charge in [0.2, 0.25) is 23.6 Å². The summed E-state index contributed by atoms with van der Waals surface area (Å²) in [7, 11) is 0. The molecule has 34 heavy (non-hydrogen) atoms. The van der Waals surface area contributed by atoms with E-state index < -0.39 is 84.5 Å². The van der Waals surface area contributed by atoms with E-state index in [1.54, 1.807) is 13.8 Å². The molecule has 0 aromatic rings. The van der Waals surface area contributed by atoms with Crippen LogP contribution in [0.25, 0.3) is 0 Å². The minimum Gasteiger partial charge on any atom is -0.480 e. The van der Waals surface area contributed by atoms with Crippen molar-refractivity contribution in [3.8, 4) is 0 Å². The molecule has 0 aliphatic rings. The smallest absolute Gasteiger partial charge is 0.328 e. The fourth-order valence-electron chi connectivity index (χ4n) is 2.73. The van der Waals surface area contributed by atoms with Gasteiger partial charge in [0, 0.05) is 0 Å². The number of aliphatic carboxylic acids is 1. The fraction of sp³-hybridized carbons (Fsp3) is 0.750. The Kier molecular flexibility index (Phi) is 13.3. The Morgan fingerprint density at radius 2 is 1.12 bits per heavy atom. The van der Waals surface area contributed by atoms with Crippen LogP contribution in [0.4, 0.5) is 0 Å². The molecule has 14 heteroatoms. The summed E-state index contributed by atoms with van der Waals surface area (Å²) in [5, 5.41) is 47.0. The fourth-order valence-corrected chi connectivity index (χ4v) is 2.73. The molecule has 0 aliphatic carbocycles. The molecule has 196 valence electrons. The van der Waals surface area contributed by atoms with Crippen LogP contribution in [-0.4, -0.2) is 99.0 Å². The molecule has 0 aromatic carbocycles. The number of carboxylic acids is 1. The number of carboxylic acid groups (broad SMARTS) is 1. The van der Waals surface area contributed by atoms with E-state index in [1.165, 1.54) is 20.8 Å². The summed E-state index contributed by atoms with van der Waals surface area (Å²) >= 11 is 0. The van der Waals surface area contributed by atoms with Gasteiger partial charge in [-0.3, -0.25) is 19.2 Å². The van der Waals surface area contributed by atoms with E-state index >= 15 is 0 Å². The Balaban J connectivity index is 5.67. The van der Waals surface area contributed by atoms with Crippen LogP contribution < -0.4 is 27.0 Å². The van der Waals surface area contributed by atoms with Crippen molar-refractivity contribution in [1.29, 1.82) is 0 Å². The minimum atomic E-state index is -1.66. The zero-order chi connectivity index (χ0) is 26.7. The van der Waals surface area contributed by atoms with Crippen molar-refractivity contribution < 1.29 is 44.4 Å². The Morgan fingerprint density at radius 1 is 0.735 bits per heavy atom. The summed E-state index contributed by atoms with van der Waals surface area (Å²) in [6, 6.07) is -6.88. The Morgan fingerprint density at radius 3 is 1.47 bits per heavy atom. The first kappa shape index (κ1) is 31.2. The first-order valence-electron chi connectivity index (χ1n) is 10.8. The largest absolute Gasteiger partial charge is 0.480 e. The van der Waals surface area contributed by atoms with Crippen LogP contribution in [-0.2, 0) is 24.0 Å². The van der Waals surface area contributed by atoms with Crippen LogP contribution in [0, 0.1) is 5.92 Å². The molecule has 8 atom stereocenters. The van der Waals surface area contributed by atoms with E-state index in [0.717, 1.165) is 0 Å². The monoisotopic (exact) mass is 491 g/mol. The van der Waals surface area contributed by atoms with Gasteiger partial charge < -0.3 is 47.4 Å². The van der Waals surface area contributed by atoms with Crippen LogP contribution in [0.5, 0.6) is 0 Å². The van der Waals surface area contributed by atoms with Crippen molar-refractivity contribution in [3.05, 3.63) is 0 Å². The van der Waals surface area contributed by atoms with Crippen LogP contribution in [0.2, 0.25) is 0 Å². The molecule has 0 radical (unpaired) electrons. The maximum Gasteiger partial charge on any atom is 0.328 e. The number of nitrogens with one attached hydrogen (secondary N) is 4. The lowest BCUT2D eigenvalue weighted by molar-refractivity contribution is -0.144. The summed E-state index contributed by atoms with van der Waals surface area (Å²) in [5.41, 5.74) is 5.47. The third-order valence-corrected chi connectivity index (χ3v) is 5.13. The Hall–Kier alpha value is -2.81. The van der Waals surface area contributed by atoms with Gasteiger partial charge in [-0.05, 0) is 26.7 Å². The predicted octanol–water partition coefficient (Wildman–Crippen LogP) is -3.84. The van der Waals surface area contributed by atoms with E-state index in [9.17, 15) is 34.2 Å². The average Bonchev–Trinajstić information content (AvgIpc) is 2.75. The second kappa shape index (κ2) is 14.5. The van der Waals surface area contributed by atoms with Crippen molar-refractivity contribution in [2.45, 2.75) is 83.5 Å². The molecular weight excluding hydrogens is 454 g/mol. The zero-order valence-electron chi connectivity index (χ0n) is 19.9. The topological polar surface area (TPSA) is 240 Å². The highest BCUT2D eigenvalue weighted by atomic mass is 16.4. The molecule has 0 heterocycles. The van der Waals surface area contributed by atoms with E-state index in [4.69, 9.17) is 15.9 Å². The van der Waals surface area contributed by atoms with Gasteiger partial charge in [-0.2, -0.15) is 0 Å².